The van der Waals surface area contributed by atoms with E-state index in [9.17, 15) is 0 Å². The molecule has 0 saturated carbocycles. The SMILES string of the molecule is CC(C)CCN(C)c1ccc(N)c2ccncc12. The summed E-state index contributed by atoms with van der Waals surface area (Å²) in [4.78, 5) is 6.49. The molecule has 1 aromatic carbocycles. The van der Waals surface area contributed by atoms with Gasteiger partial charge < -0.3 is 10.6 Å². The van der Waals surface area contributed by atoms with Gasteiger partial charge in [-0.1, -0.05) is 13.8 Å². The van der Waals surface area contributed by atoms with Gasteiger partial charge in [0.2, 0.25) is 0 Å². The topological polar surface area (TPSA) is 42.1 Å². The van der Waals surface area contributed by atoms with Crippen molar-refractivity contribution in [1.29, 1.82) is 0 Å². The minimum absolute atomic E-state index is 0.714. The summed E-state index contributed by atoms with van der Waals surface area (Å²) in [6.07, 6.45) is 4.87. The number of nitrogens with two attached hydrogens (primary N) is 1. The maximum Gasteiger partial charge on any atom is 0.0460 e. The molecule has 0 bridgehead atoms. The van der Waals surface area contributed by atoms with Crippen LogP contribution in [-0.2, 0) is 0 Å². The second kappa shape index (κ2) is 5.25. The van der Waals surface area contributed by atoms with E-state index < -0.39 is 0 Å². The highest BCUT2D eigenvalue weighted by Gasteiger charge is 2.08. The van der Waals surface area contributed by atoms with Gasteiger partial charge >= 0.3 is 0 Å². The number of hydrogen-bond acceptors (Lipinski definition) is 3. The van der Waals surface area contributed by atoms with Crippen LogP contribution < -0.4 is 10.6 Å². The van der Waals surface area contributed by atoms with E-state index in [0.717, 1.165) is 23.0 Å². The van der Waals surface area contributed by atoms with E-state index in [1.807, 2.05) is 18.3 Å². The third kappa shape index (κ3) is 2.55. The number of rotatable bonds is 4. The Balaban J connectivity index is 2.36. The zero-order valence-corrected chi connectivity index (χ0v) is 11.4. The molecule has 1 aromatic heterocycles. The van der Waals surface area contributed by atoms with Crippen LogP contribution in [0.2, 0.25) is 0 Å². The van der Waals surface area contributed by atoms with E-state index >= 15 is 0 Å². The standard InChI is InChI=1S/C15H21N3/c1-11(2)7-9-18(3)15-5-4-14(16)12-6-8-17-10-13(12)15/h4-6,8,10-11H,7,9,16H2,1-3H3. The first-order chi connectivity index (χ1) is 8.59. The Bertz CT molecular complexity index is 534. The van der Waals surface area contributed by atoms with Crippen LogP contribution in [0.5, 0.6) is 0 Å². The van der Waals surface area contributed by atoms with Crippen molar-refractivity contribution in [2.45, 2.75) is 20.3 Å². The highest BCUT2D eigenvalue weighted by molar-refractivity contribution is 6.00. The summed E-state index contributed by atoms with van der Waals surface area (Å²) in [5.41, 5.74) is 8.02. The Morgan fingerprint density at radius 1 is 1.22 bits per heavy atom. The number of nitrogens with zero attached hydrogens (tertiary/aromatic N) is 2. The van der Waals surface area contributed by atoms with Crippen molar-refractivity contribution in [2.75, 3.05) is 24.2 Å². The molecule has 2 aromatic rings. The van der Waals surface area contributed by atoms with E-state index in [0.29, 0.717) is 5.92 Å². The number of nitrogen functional groups attached to an aromatic ring is 1. The monoisotopic (exact) mass is 243 g/mol. The van der Waals surface area contributed by atoms with Gasteiger partial charge in [-0.25, -0.2) is 0 Å². The van der Waals surface area contributed by atoms with Crippen LogP contribution in [0.1, 0.15) is 20.3 Å². The summed E-state index contributed by atoms with van der Waals surface area (Å²) in [6.45, 7) is 5.54. The second-order valence-electron chi connectivity index (χ2n) is 5.20. The van der Waals surface area contributed by atoms with Gasteiger partial charge in [0.05, 0.1) is 0 Å². The van der Waals surface area contributed by atoms with E-state index in [4.69, 9.17) is 5.73 Å². The lowest BCUT2D eigenvalue weighted by atomic mass is 10.1. The molecule has 1 heterocycles. The maximum atomic E-state index is 6.00. The highest BCUT2D eigenvalue weighted by Crippen LogP contribution is 2.29. The molecule has 0 aliphatic rings. The number of anilines is 2. The molecule has 0 amide bonds. The Morgan fingerprint density at radius 3 is 2.72 bits per heavy atom. The number of fused-ring (bicyclic) bond motifs is 1. The molecule has 0 atom stereocenters. The predicted molar refractivity (Wildman–Crippen MR) is 78.9 cm³/mol. The van der Waals surface area contributed by atoms with Crippen molar-refractivity contribution in [3.63, 3.8) is 0 Å². The molecule has 0 fully saturated rings. The number of pyridine rings is 1. The van der Waals surface area contributed by atoms with Gasteiger partial charge in [-0.05, 0) is 30.5 Å². The average molecular weight is 243 g/mol. The molecule has 0 saturated heterocycles. The van der Waals surface area contributed by atoms with Gasteiger partial charge in [0.1, 0.15) is 0 Å². The fourth-order valence-electron chi connectivity index (χ4n) is 2.10. The normalized spacial score (nSPS) is 11.1. The first-order valence-corrected chi connectivity index (χ1v) is 6.43. The first kappa shape index (κ1) is 12.7. The Hall–Kier alpha value is -1.77. The molecule has 3 nitrogen and oxygen atoms in total. The van der Waals surface area contributed by atoms with Crippen LogP contribution in [0.15, 0.2) is 30.6 Å². The molecule has 0 aliphatic carbocycles. The molecule has 0 radical (unpaired) electrons. The minimum atomic E-state index is 0.714. The summed E-state index contributed by atoms with van der Waals surface area (Å²) < 4.78 is 0. The lowest BCUT2D eigenvalue weighted by Gasteiger charge is -2.22. The van der Waals surface area contributed by atoms with E-state index in [2.05, 4.69) is 36.8 Å². The molecule has 18 heavy (non-hydrogen) atoms. The molecule has 0 unspecified atom stereocenters. The predicted octanol–water partition coefficient (Wildman–Crippen LogP) is 3.30. The van der Waals surface area contributed by atoms with Gasteiger partial charge in [0.15, 0.2) is 0 Å². The van der Waals surface area contributed by atoms with Crippen molar-refractivity contribution in [2.24, 2.45) is 5.92 Å². The Labute approximate surface area is 109 Å². The largest absolute Gasteiger partial charge is 0.398 e. The quantitative estimate of drug-likeness (QED) is 0.838. The van der Waals surface area contributed by atoms with Crippen molar-refractivity contribution in [3.8, 4) is 0 Å². The van der Waals surface area contributed by atoms with Gasteiger partial charge in [0.25, 0.3) is 0 Å². The summed E-state index contributed by atoms with van der Waals surface area (Å²) in [6, 6.07) is 6.04. The molecule has 2 rings (SSSR count). The van der Waals surface area contributed by atoms with Gasteiger partial charge in [-0.15, -0.1) is 0 Å². The van der Waals surface area contributed by atoms with E-state index in [-0.39, 0.29) is 0 Å². The van der Waals surface area contributed by atoms with Crippen molar-refractivity contribution >= 4 is 22.1 Å². The first-order valence-electron chi connectivity index (χ1n) is 6.43. The fourth-order valence-corrected chi connectivity index (χ4v) is 2.10. The summed E-state index contributed by atoms with van der Waals surface area (Å²) >= 11 is 0. The number of aromatic nitrogens is 1. The minimum Gasteiger partial charge on any atom is -0.398 e. The third-order valence-electron chi connectivity index (χ3n) is 3.28. The van der Waals surface area contributed by atoms with Crippen LogP contribution in [-0.4, -0.2) is 18.6 Å². The maximum absolute atomic E-state index is 6.00. The van der Waals surface area contributed by atoms with Crippen LogP contribution in [0.4, 0.5) is 11.4 Å². The van der Waals surface area contributed by atoms with Gasteiger partial charge in [0, 0.05) is 48.1 Å². The molecular weight excluding hydrogens is 222 g/mol. The van der Waals surface area contributed by atoms with E-state index in [1.54, 1.807) is 6.20 Å². The lowest BCUT2D eigenvalue weighted by Crippen LogP contribution is -2.20. The van der Waals surface area contributed by atoms with Gasteiger partial charge in [-0.3, -0.25) is 4.98 Å². The molecule has 0 aliphatic heterocycles. The highest BCUT2D eigenvalue weighted by atomic mass is 15.1. The van der Waals surface area contributed by atoms with Crippen LogP contribution in [0, 0.1) is 5.92 Å². The molecule has 2 N–H and O–H groups in total. The van der Waals surface area contributed by atoms with E-state index in [1.165, 1.54) is 12.1 Å². The Morgan fingerprint density at radius 2 is 2.00 bits per heavy atom. The molecule has 3 heteroatoms. The fraction of sp³-hybridized carbons (Fsp3) is 0.400. The van der Waals surface area contributed by atoms with Gasteiger partial charge in [-0.2, -0.15) is 0 Å². The van der Waals surface area contributed by atoms with Crippen LogP contribution in [0.25, 0.3) is 10.8 Å². The average Bonchev–Trinajstić information content (AvgIpc) is 2.37. The van der Waals surface area contributed by atoms with Crippen LogP contribution in [0.3, 0.4) is 0 Å². The van der Waals surface area contributed by atoms with Crippen molar-refractivity contribution in [3.05, 3.63) is 30.6 Å². The zero-order valence-electron chi connectivity index (χ0n) is 11.4. The lowest BCUT2D eigenvalue weighted by molar-refractivity contribution is 0.585. The number of benzene rings is 1. The summed E-state index contributed by atoms with van der Waals surface area (Å²) in [5, 5.41) is 2.21. The summed E-state index contributed by atoms with van der Waals surface area (Å²) in [7, 11) is 2.13. The van der Waals surface area contributed by atoms with Crippen LogP contribution >= 0.6 is 0 Å². The molecule has 0 spiro atoms. The van der Waals surface area contributed by atoms with Crippen molar-refractivity contribution < 1.29 is 0 Å². The zero-order chi connectivity index (χ0) is 13.1. The second-order valence-corrected chi connectivity index (χ2v) is 5.20. The number of hydrogen-bond donors (Lipinski definition) is 1. The summed E-state index contributed by atoms with van der Waals surface area (Å²) in [5.74, 6) is 0.714. The Kier molecular flexibility index (Phi) is 3.70. The van der Waals surface area contributed by atoms with Crippen molar-refractivity contribution in [1.82, 2.24) is 4.98 Å². The third-order valence-corrected chi connectivity index (χ3v) is 3.28. The molecule has 96 valence electrons. The smallest absolute Gasteiger partial charge is 0.0460 e. The molecular formula is C15H21N3.